The number of halogens is 8. The van der Waals surface area contributed by atoms with Gasteiger partial charge in [-0.1, -0.05) is 221 Å². The molecule has 0 spiro atoms. The quantitative estimate of drug-likeness (QED) is 0.0105. The van der Waals surface area contributed by atoms with E-state index in [1.54, 1.807) is 13.8 Å². The van der Waals surface area contributed by atoms with Crippen molar-refractivity contribution in [1.82, 2.24) is 0 Å². The Hall–Kier alpha value is -8.78. The first-order valence-corrected chi connectivity index (χ1v) is 35.1. The Morgan fingerprint density at radius 1 is 0.545 bits per heavy atom. The summed E-state index contributed by atoms with van der Waals surface area (Å²) in [5, 5.41) is 3.47. The maximum atomic E-state index is 14.9. The van der Waals surface area contributed by atoms with Crippen LogP contribution in [-0.2, 0) is 32.2 Å². The van der Waals surface area contributed by atoms with Gasteiger partial charge in [0.1, 0.15) is 19.6 Å². The van der Waals surface area contributed by atoms with Gasteiger partial charge in [-0.2, -0.15) is 0 Å². The Morgan fingerprint density at radius 3 is 1.23 bits per heavy atom. The maximum Gasteiger partial charge on any atom is 0.331 e. The van der Waals surface area contributed by atoms with Gasteiger partial charge in [0.2, 0.25) is 0 Å². The van der Waals surface area contributed by atoms with Crippen molar-refractivity contribution in [2.45, 2.75) is 92.8 Å². The van der Waals surface area contributed by atoms with Crippen LogP contribution in [0.4, 0.5) is 26.3 Å². The van der Waals surface area contributed by atoms with E-state index in [1.165, 1.54) is 0 Å². The van der Waals surface area contributed by atoms with Crippen molar-refractivity contribution in [1.29, 1.82) is 1.28 Å². The molecule has 0 radical (unpaired) electrons. The van der Waals surface area contributed by atoms with Crippen molar-refractivity contribution in [3.8, 4) is 33.4 Å². The van der Waals surface area contributed by atoms with Crippen LogP contribution in [0.15, 0.2) is 241 Å². The summed E-state index contributed by atoms with van der Waals surface area (Å²) in [6.07, 6.45) is 4.15. The van der Waals surface area contributed by atoms with Crippen LogP contribution in [0.2, 0.25) is 0 Å². The third-order valence-corrected chi connectivity index (χ3v) is 17.0. The molecule has 0 aliphatic carbocycles. The summed E-state index contributed by atoms with van der Waals surface area (Å²) in [5.41, 5.74) is 12.6. The number of unbranched alkanes of at least 4 members (excludes halogenated alkanes) is 2. The molecule has 1 unspecified atom stereocenters. The normalized spacial score (nSPS) is 12.0. The standard InChI is InChI=1S/C42H36F6N.C21H23NO2.C17H17NO2.C4H7Cl.CH5P.BrH/c1-3-5-15-49(16-6-4-2)23-33-31(27-19-35(43)41(47)36(44)20-27)17-25-11-7-9-13-29(25)39(33)40-30-14-10-8-12-26(30)18-32(34(40)24-49)28-21-37(45)42(48)38(46)22-28;1-4-24-21(23)19(15-16(2)3)22-20(17-11-7-5-8-12-17)18-13-9-6-10-14-18;1-2-20-16(19)13-18-17(14-9-5-3-6-10-14)15-11-7-4-8-12-15;1-4(2)3-5;1-2;/h7-14,17-22H,3-6,15-16,23-24H2,1-2H3;5-14,19H,2,4,15H2,1,3H3;3-12H,2,13H2,1H3;1,3H2,2H3;2H2,1H3;1H/q+1;;;;;/p-1/t;19-;;;;/m.0..../s1/i;;;;2T;. The molecule has 10 aromatic rings. The molecule has 0 amide bonds. The first kappa shape index (κ1) is 79.5. The van der Waals surface area contributed by atoms with Crippen molar-refractivity contribution in [2.75, 3.05) is 45.4 Å². The summed E-state index contributed by atoms with van der Waals surface area (Å²) >= 11 is 5.24. The van der Waals surface area contributed by atoms with Crippen LogP contribution in [0.3, 0.4) is 0 Å². The van der Waals surface area contributed by atoms with Crippen molar-refractivity contribution in [3.05, 3.63) is 299 Å². The summed E-state index contributed by atoms with van der Waals surface area (Å²) in [6.45, 7) is 24.2. The second-order valence-corrected chi connectivity index (χ2v) is 24.5. The third-order valence-electron chi connectivity index (χ3n) is 16.6. The summed E-state index contributed by atoms with van der Waals surface area (Å²) in [5.74, 6) is -8.15. The maximum absolute atomic E-state index is 14.9. The highest BCUT2D eigenvalue weighted by molar-refractivity contribution is 7.15. The zero-order valence-corrected chi connectivity index (χ0v) is 61.7. The fraction of sp³-hybridized carbons (Fsp3) is 0.247. The number of esters is 2. The minimum absolute atomic E-state index is 0. The van der Waals surface area contributed by atoms with Crippen LogP contribution in [0.25, 0.3) is 54.9 Å². The molecule has 16 heteroatoms. The highest BCUT2D eigenvalue weighted by Crippen LogP contribution is 2.50. The van der Waals surface area contributed by atoms with Gasteiger partial charge in [0.05, 0.1) is 39.0 Å². The Balaban J connectivity index is 0.000000256. The minimum atomic E-state index is -1.52. The van der Waals surface area contributed by atoms with E-state index in [0.29, 0.717) is 63.4 Å². The lowest BCUT2D eigenvalue weighted by molar-refractivity contribution is -0.953. The topological polar surface area (TPSA) is 77.3 Å². The first-order valence-electron chi connectivity index (χ1n) is 34.1. The lowest BCUT2D eigenvalue weighted by Gasteiger charge is -2.39. The molecule has 528 valence electrons. The van der Waals surface area contributed by atoms with Gasteiger partial charge in [-0.05, 0) is 121 Å². The molecule has 0 aromatic heterocycles. The highest BCUT2D eigenvalue weighted by atomic mass is 79.9. The number of nitrogens with zero attached hydrogens (tertiary/aromatic N) is 3. The number of alkyl halides is 1. The van der Waals surface area contributed by atoms with E-state index in [2.05, 4.69) is 32.0 Å². The summed E-state index contributed by atoms with van der Waals surface area (Å²) in [4.78, 5) is 33.0. The number of rotatable bonds is 21. The molecule has 101 heavy (non-hydrogen) atoms. The Morgan fingerprint density at radius 2 is 0.891 bits per heavy atom. The Labute approximate surface area is 610 Å². The molecule has 0 saturated heterocycles. The number of benzene rings is 10. The second-order valence-electron chi connectivity index (χ2n) is 24.2. The number of aliphatic imine (C=N–C) groups is 2. The molecule has 1 aliphatic heterocycles. The molecule has 0 fully saturated rings. The van der Waals surface area contributed by atoms with Crippen LogP contribution in [0, 0.1) is 34.9 Å². The Bertz CT molecular complexity index is 4210. The lowest BCUT2D eigenvalue weighted by atomic mass is 9.82. The smallest absolute Gasteiger partial charge is 0.331 e. The largest absolute Gasteiger partial charge is 1.00 e. The van der Waals surface area contributed by atoms with Crippen LogP contribution < -0.4 is 17.0 Å². The van der Waals surface area contributed by atoms with Crippen molar-refractivity contribution in [3.63, 3.8) is 0 Å². The first-order chi connectivity index (χ1) is 48.7. The molecule has 1 aliphatic rings. The fourth-order valence-corrected chi connectivity index (χ4v) is 12.1. The molecule has 2 atom stereocenters. The van der Waals surface area contributed by atoms with Gasteiger partial charge in [-0.3, -0.25) is 14.8 Å². The molecular formula is C85H88BrClF6N3O4P. The van der Waals surface area contributed by atoms with E-state index in [9.17, 15) is 35.9 Å². The molecule has 7 nitrogen and oxygen atoms in total. The number of carbonyl (C=O) groups is 2. The number of ether oxygens (including phenoxy) is 2. The molecule has 0 bridgehead atoms. The number of carbonyl (C=O) groups excluding carboxylic acids is 2. The number of hydrogen-bond acceptors (Lipinski definition) is 6. The van der Waals surface area contributed by atoms with E-state index < -0.39 is 40.9 Å². The lowest BCUT2D eigenvalue weighted by Crippen LogP contribution is -3.00. The molecule has 1 heterocycles. The zero-order valence-electron chi connectivity index (χ0n) is 59.3. The second kappa shape index (κ2) is 40.6. The highest BCUT2D eigenvalue weighted by Gasteiger charge is 2.38. The number of fused-ring (bicyclic) bond motifs is 7. The molecule has 0 N–H and O–H groups in total. The number of allylic oxidation sites excluding steroid dienone is 1. The molecule has 0 saturated carbocycles. The monoisotopic (exact) mass is 1480 g/mol. The van der Waals surface area contributed by atoms with Crippen molar-refractivity contribution < 1.29 is 66.9 Å². The van der Waals surface area contributed by atoms with Crippen molar-refractivity contribution in [2.24, 2.45) is 9.98 Å². The average molecular weight is 1480 g/mol. The van der Waals surface area contributed by atoms with Gasteiger partial charge in [-0.25, -0.2) is 31.1 Å². The van der Waals surface area contributed by atoms with E-state index >= 15 is 0 Å². The van der Waals surface area contributed by atoms with Crippen LogP contribution in [0.1, 0.15) is 107 Å². The van der Waals surface area contributed by atoms with Gasteiger partial charge < -0.3 is 30.9 Å². The number of quaternary nitrogens is 1. The van der Waals surface area contributed by atoms with E-state index in [1.807, 2.05) is 203 Å². The predicted octanol–water partition coefficient (Wildman–Crippen LogP) is 19.1. The average Bonchev–Trinajstić information content (AvgIpc) is 1.45. The molecule has 10 aromatic carbocycles. The van der Waals surface area contributed by atoms with Crippen LogP contribution in [0.5, 0.6) is 0 Å². The SMILES string of the molecule is C=C(C)CCl.C=C(C)C[C@H](N=C(c1ccccc1)c1ccccc1)C(=O)OCC.CCCC[N+]1(CCCC)Cc2c(-c3cc(F)c(F)c(F)c3)cc3ccccc3c2-c2c(c(-c3cc(F)c(F)c(F)c3)cc3ccccc23)C1.CCOC(=O)CN=C(c1ccccc1)c1ccccc1.[3H]PC.[Br-]. The van der Waals surface area contributed by atoms with Gasteiger partial charge in [0.25, 0.3) is 0 Å². The zero-order chi connectivity index (χ0) is 73.0. The summed E-state index contributed by atoms with van der Waals surface area (Å²) in [6, 6.07) is 62.5. The van der Waals surface area contributed by atoms with E-state index in [0.717, 1.165) is 152 Å². The van der Waals surface area contributed by atoms with Gasteiger partial charge >= 0.3 is 11.9 Å². The van der Waals surface area contributed by atoms with E-state index in [-0.39, 0.29) is 46.6 Å². The molecular weight excluding hydrogens is 1390 g/mol. The van der Waals surface area contributed by atoms with Crippen LogP contribution in [-0.4, -0.2) is 80.6 Å². The Kier molecular flexibility index (Phi) is 32.0. The predicted molar refractivity (Wildman–Crippen MR) is 404 cm³/mol. The van der Waals surface area contributed by atoms with Gasteiger partial charge in [0.15, 0.2) is 40.9 Å². The third kappa shape index (κ3) is 21.9. The summed E-state index contributed by atoms with van der Waals surface area (Å²) in [7, 11) is 0.333. The van der Waals surface area contributed by atoms with Crippen LogP contribution >= 0.6 is 20.8 Å². The minimum Gasteiger partial charge on any atom is -1.00 e. The van der Waals surface area contributed by atoms with Gasteiger partial charge in [0, 0.05) is 56.8 Å². The molecule has 11 rings (SSSR count). The fourth-order valence-electron chi connectivity index (χ4n) is 12.1. The summed E-state index contributed by atoms with van der Waals surface area (Å²) < 4.78 is 105. The van der Waals surface area contributed by atoms with E-state index in [4.69, 9.17) is 27.3 Å². The number of hydrogen-bond donors (Lipinski definition) is 0. The van der Waals surface area contributed by atoms with Gasteiger partial charge in [-0.15, -0.1) is 27.4 Å². The van der Waals surface area contributed by atoms with Crippen molar-refractivity contribution >= 4 is 65.7 Å².